The van der Waals surface area contributed by atoms with Gasteiger partial charge in [0.05, 0.1) is 12.7 Å². The molecule has 2 heterocycles. The van der Waals surface area contributed by atoms with Crippen LogP contribution in [0.4, 0.5) is 5.82 Å². The predicted octanol–water partition coefficient (Wildman–Crippen LogP) is 3.14. The molecule has 4 rings (SSSR count). The second kappa shape index (κ2) is 7.79. The maximum Gasteiger partial charge on any atom is 0.256 e. The molecule has 7 heteroatoms. The van der Waals surface area contributed by atoms with E-state index in [9.17, 15) is 9.59 Å². The van der Waals surface area contributed by atoms with Crippen molar-refractivity contribution in [3.05, 3.63) is 81.4 Å². The Morgan fingerprint density at radius 1 is 1.10 bits per heavy atom. The first-order valence-corrected chi connectivity index (χ1v) is 9.30. The number of carbonyl (C=O) groups excluding carboxylic acids is 1. The number of nitrogens with one attached hydrogen (secondary N) is 2. The Morgan fingerprint density at radius 2 is 1.90 bits per heavy atom. The lowest BCUT2D eigenvalue weighted by molar-refractivity contribution is -0.116. The fourth-order valence-electron chi connectivity index (χ4n) is 3.52. The summed E-state index contributed by atoms with van der Waals surface area (Å²) in [6.45, 7) is 2.09. The number of aryl methyl sites for hydroxylation is 1. The van der Waals surface area contributed by atoms with Gasteiger partial charge in [0.1, 0.15) is 18.2 Å². The average molecular weight is 391 g/mol. The number of hydrogen-bond donors (Lipinski definition) is 2. The zero-order chi connectivity index (χ0) is 20.4. The number of fused-ring (bicyclic) bond motifs is 1. The van der Waals surface area contributed by atoms with Gasteiger partial charge in [0.2, 0.25) is 5.91 Å². The van der Waals surface area contributed by atoms with Crippen LogP contribution in [0.1, 0.15) is 34.9 Å². The molecule has 3 aromatic rings. The van der Waals surface area contributed by atoms with Gasteiger partial charge in [-0.1, -0.05) is 36.4 Å². The van der Waals surface area contributed by atoms with Gasteiger partial charge >= 0.3 is 0 Å². The quantitative estimate of drug-likeness (QED) is 0.697. The van der Waals surface area contributed by atoms with E-state index in [0.717, 1.165) is 11.1 Å². The van der Waals surface area contributed by atoms with Crippen molar-refractivity contribution in [2.24, 2.45) is 0 Å². The number of nitrogens with zero attached hydrogens (tertiary/aromatic N) is 1. The van der Waals surface area contributed by atoms with E-state index in [1.807, 2.05) is 42.5 Å². The number of H-pyrrole nitrogens is 1. The van der Waals surface area contributed by atoms with Gasteiger partial charge in [0, 0.05) is 12.3 Å². The molecule has 1 amide bonds. The monoisotopic (exact) mass is 391 g/mol. The smallest absolute Gasteiger partial charge is 0.256 e. The summed E-state index contributed by atoms with van der Waals surface area (Å²) in [6, 6.07) is 15.3. The van der Waals surface area contributed by atoms with Crippen LogP contribution in [0.3, 0.4) is 0 Å². The van der Waals surface area contributed by atoms with Crippen molar-refractivity contribution < 1.29 is 14.3 Å². The van der Waals surface area contributed by atoms with Crippen LogP contribution in [0.25, 0.3) is 0 Å². The topological polar surface area (TPSA) is 93.3 Å². The Labute approximate surface area is 167 Å². The highest BCUT2D eigenvalue weighted by Gasteiger charge is 2.31. The Bertz CT molecular complexity index is 1110. The van der Waals surface area contributed by atoms with Gasteiger partial charge in [-0.15, -0.1) is 0 Å². The van der Waals surface area contributed by atoms with Crippen LogP contribution in [0, 0.1) is 6.92 Å². The normalized spacial score (nSPS) is 15.4. The SMILES string of the molecule is COc1cc([C@@H]2CC(=O)Nc3nc(C)[nH]c(=O)c32)ccc1OCc1ccccc1. The number of rotatable bonds is 5. The zero-order valence-corrected chi connectivity index (χ0v) is 16.2. The van der Waals surface area contributed by atoms with Crippen LogP contribution >= 0.6 is 0 Å². The van der Waals surface area contributed by atoms with E-state index < -0.39 is 5.92 Å². The van der Waals surface area contributed by atoms with Crippen molar-refractivity contribution in [2.45, 2.75) is 25.9 Å². The summed E-state index contributed by atoms with van der Waals surface area (Å²) in [7, 11) is 1.56. The first-order chi connectivity index (χ1) is 14.0. The predicted molar refractivity (Wildman–Crippen MR) is 108 cm³/mol. The highest BCUT2D eigenvalue weighted by molar-refractivity contribution is 5.94. The summed E-state index contributed by atoms with van der Waals surface area (Å²) in [5, 5.41) is 2.69. The number of aromatic amines is 1. The fourth-order valence-corrected chi connectivity index (χ4v) is 3.52. The molecular formula is C22H21N3O4. The van der Waals surface area contributed by atoms with E-state index in [0.29, 0.717) is 35.3 Å². The lowest BCUT2D eigenvalue weighted by Crippen LogP contribution is -2.31. The molecule has 7 nitrogen and oxygen atoms in total. The number of carbonyl (C=O) groups is 1. The number of anilines is 1. The molecule has 0 spiro atoms. The number of aromatic nitrogens is 2. The number of amides is 1. The fraction of sp³-hybridized carbons (Fsp3) is 0.227. The molecule has 0 bridgehead atoms. The lowest BCUT2D eigenvalue weighted by Gasteiger charge is -2.25. The van der Waals surface area contributed by atoms with Gasteiger partial charge in [-0.2, -0.15) is 0 Å². The summed E-state index contributed by atoms with van der Waals surface area (Å²) >= 11 is 0. The van der Waals surface area contributed by atoms with Gasteiger partial charge in [-0.05, 0) is 30.2 Å². The minimum atomic E-state index is -0.410. The summed E-state index contributed by atoms with van der Waals surface area (Å²) in [4.78, 5) is 31.7. The molecule has 1 aliphatic heterocycles. The van der Waals surface area contributed by atoms with Crippen LogP contribution in [-0.4, -0.2) is 23.0 Å². The maximum absolute atomic E-state index is 12.6. The van der Waals surface area contributed by atoms with Crippen LogP contribution in [0.2, 0.25) is 0 Å². The molecule has 0 aliphatic carbocycles. The highest BCUT2D eigenvalue weighted by atomic mass is 16.5. The molecule has 0 radical (unpaired) electrons. The second-order valence-corrected chi connectivity index (χ2v) is 6.90. The Balaban J connectivity index is 1.66. The molecule has 1 aliphatic rings. The molecule has 0 saturated heterocycles. The van der Waals surface area contributed by atoms with Crippen LogP contribution in [0.5, 0.6) is 11.5 Å². The van der Waals surface area contributed by atoms with E-state index >= 15 is 0 Å². The van der Waals surface area contributed by atoms with Gasteiger partial charge in [0.25, 0.3) is 5.56 Å². The standard InChI is InChI=1S/C22H21N3O4/c1-13-23-21-20(22(27)24-13)16(11-19(26)25-21)15-8-9-17(18(10-15)28-2)29-12-14-6-4-3-5-7-14/h3-10,16H,11-12H2,1-2H3,(H2,23,24,25,26,27)/t16-/m0/s1. The van der Waals surface area contributed by atoms with E-state index in [1.165, 1.54) is 0 Å². The van der Waals surface area contributed by atoms with Crippen molar-refractivity contribution in [3.63, 3.8) is 0 Å². The molecule has 0 fully saturated rings. The van der Waals surface area contributed by atoms with E-state index in [-0.39, 0.29) is 17.9 Å². The largest absolute Gasteiger partial charge is 0.493 e. The molecule has 148 valence electrons. The van der Waals surface area contributed by atoms with Gasteiger partial charge in [-0.25, -0.2) is 4.98 Å². The molecule has 0 saturated carbocycles. The second-order valence-electron chi connectivity index (χ2n) is 6.90. The van der Waals surface area contributed by atoms with Crippen molar-refractivity contribution in [3.8, 4) is 11.5 Å². The van der Waals surface area contributed by atoms with Crippen molar-refractivity contribution in [2.75, 3.05) is 12.4 Å². The molecule has 29 heavy (non-hydrogen) atoms. The van der Waals surface area contributed by atoms with Crippen LogP contribution in [0.15, 0.2) is 53.3 Å². The van der Waals surface area contributed by atoms with E-state index in [1.54, 1.807) is 20.1 Å². The van der Waals surface area contributed by atoms with E-state index in [4.69, 9.17) is 9.47 Å². The summed E-state index contributed by atoms with van der Waals surface area (Å²) in [5.41, 5.74) is 2.04. The Hall–Kier alpha value is -3.61. The van der Waals surface area contributed by atoms with Gasteiger partial charge < -0.3 is 19.8 Å². The first kappa shape index (κ1) is 18.7. The molecular weight excluding hydrogens is 370 g/mol. The molecule has 1 aromatic heterocycles. The molecule has 2 N–H and O–H groups in total. The summed E-state index contributed by atoms with van der Waals surface area (Å²) in [6.07, 6.45) is 0.161. The number of benzene rings is 2. The Morgan fingerprint density at radius 3 is 2.66 bits per heavy atom. The maximum atomic E-state index is 12.6. The van der Waals surface area contributed by atoms with Crippen molar-refractivity contribution in [1.29, 1.82) is 0 Å². The van der Waals surface area contributed by atoms with Gasteiger partial charge in [0.15, 0.2) is 11.5 Å². The summed E-state index contributed by atoms with van der Waals surface area (Å²) in [5.74, 6) is 1.32. The Kier molecular flexibility index (Phi) is 5.03. The first-order valence-electron chi connectivity index (χ1n) is 9.30. The zero-order valence-electron chi connectivity index (χ0n) is 16.2. The number of ether oxygens (including phenoxy) is 2. The van der Waals surface area contributed by atoms with Crippen LogP contribution in [-0.2, 0) is 11.4 Å². The lowest BCUT2D eigenvalue weighted by atomic mass is 9.86. The summed E-state index contributed by atoms with van der Waals surface area (Å²) < 4.78 is 11.4. The third-order valence-corrected chi connectivity index (χ3v) is 4.90. The van der Waals surface area contributed by atoms with Crippen molar-refractivity contribution in [1.82, 2.24) is 9.97 Å². The molecule has 1 atom stereocenters. The van der Waals surface area contributed by atoms with Crippen molar-refractivity contribution >= 4 is 11.7 Å². The average Bonchev–Trinajstić information content (AvgIpc) is 2.71. The third-order valence-electron chi connectivity index (χ3n) is 4.90. The van der Waals surface area contributed by atoms with Crippen LogP contribution < -0.4 is 20.3 Å². The van der Waals surface area contributed by atoms with Gasteiger partial charge in [-0.3, -0.25) is 9.59 Å². The number of hydrogen-bond acceptors (Lipinski definition) is 5. The highest BCUT2D eigenvalue weighted by Crippen LogP contribution is 2.38. The minimum absolute atomic E-state index is 0.161. The minimum Gasteiger partial charge on any atom is -0.493 e. The number of methoxy groups -OCH3 is 1. The molecule has 0 unspecified atom stereocenters. The molecule has 2 aromatic carbocycles. The van der Waals surface area contributed by atoms with E-state index in [2.05, 4.69) is 15.3 Å². The third kappa shape index (κ3) is 3.85.